The topological polar surface area (TPSA) is 12.0 Å². The van der Waals surface area contributed by atoms with E-state index in [1.54, 1.807) is 30.4 Å². The summed E-state index contributed by atoms with van der Waals surface area (Å²) < 4.78 is 13.4. The summed E-state index contributed by atoms with van der Waals surface area (Å²) in [5, 5.41) is 5.43. The first kappa shape index (κ1) is 12.1. The SMILES string of the molecule is CCC(Nc1ccc(C)c(F)c1)c1cccs1. The van der Waals surface area contributed by atoms with E-state index >= 15 is 0 Å². The number of benzene rings is 1. The Hall–Kier alpha value is -1.35. The van der Waals surface area contributed by atoms with Crippen LogP contribution in [-0.4, -0.2) is 0 Å². The number of hydrogen-bond donors (Lipinski definition) is 1. The summed E-state index contributed by atoms with van der Waals surface area (Å²) in [6.45, 7) is 3.90. The average molecular weight is 249 g/mol. The van der Waals surface area contributed by atoms with E-state index < -0.39 is 0 Å². The smallest absolute Gasteiger partial charge is 0.128 e. The Balaban J connectivity index is 2.16. The van der Waals surface area contributed by atoms with Crippen LogP contribution in [0.3, 0.4) is 0 Å². The van der Waals surface area contributed by atoms with Gasteiger partial charge in [0.05, 0.1) is 6.04 Å². The number of rotatable bonds is 4. The molecule has 0 aliphatic heterocycles. The first-order valence-corrected chi connectivity index (χ1v) is 6.64. The lowest BCUT2D eigenvalue weighted by Gasteiger charge is -2.17. The molecule has 1 aromatic carbocycles. The predicted molar refractivity (Wildman–Crippen MR) is 72.1 cm³/mol. The van der Waals surface area contributed by atoms with Gasteiger partial charge >= 0.3 is 0 Å². The van der Waals surface area contributed by atoms with Gasteiger partial charge in [0.2, 0.25) is 0 Å². The molecule has 0 amide bonds. The van der Waals surface area contributed by atoms with E-state index in [4.69, 9.17) is 0 Å². The van der Waals surface area contributed by atoms with E-state index in [1.165, 1.54) is 4.88 Å². The van der Waals surface area contributed by atoms with Crippen LogP contribution in [0, 0.1) is 12.7 Å². The van der Waals surface area contributed by atoms with E-state index in [0.29, 0.717) is 5.56 Å². The number of aryl methyl sites for hydroxylation is 1. The number of nitrogens with one attached hydrogen (secondary N) is 1. The van der Waals surface area contributed by atoms with Crippen molar-refractivity contribution in [3.63, 3.8) is 0 Å². The highest BCUT2D eigenvalue weighted by Crippen LogP contribution is 2.26. The van der Waals surface area contributed by atoms with Crippen molar-refractivity contribution in [2.75, 3.05) is 5.32 Å². The minimum atomic E-state index is -0.156. The average Bonchev–Trinajstić information content (AvgIpc) is 2.84. The number of anilines is 1. The zero-order valence-corrected chi connectivity index (χ0v) is 10.9. The molecular formula is C14H16FNS. The molecule has 0 saturated heterocycles. The van der Waals surface area contributed by atoms with Crippen molar-refractivity contribution < 1.29 is 4.39 Å². The van der Waals surface area contributed by atoms with Gasteiger partial charge in [0, 0.05) is 10.6 Å². The van der Waals surface area contributed by atoms with Gasteiger partial charge in [-0.05, 0) is 42.5 Å². The lowest BCUT2D eigenvalue weighted by atomic mass is 10.1. The molecule has 1 nitrogen and oxygen atoms in total. The monoisotopic (exact) mass is 249 g/mol. The molecule has 0 fully saturated rings. The maximum atomic E-state index is 13.4. The Bertz CT molecular complexity index is 479. The van der Waals surface area contributed by atoms with Crippen LogP contribution in [0.2, 0.25) is 0 Å². The van der Waals surface area contributed by atoms with Crippen LogP contribution in [0.15, 0.2) is 35.7 Å². The first-order chi connectivity index (χ1) is 8.20. The summed E-state index contributed by atoms with van der Waals surface area (Å²) in [4.78, 5) is 1.29. The van der Waals surface area contributed by atoms with E-state index in [9.17, 15) is 4.39 Å². The van der Waals surface area contributed by atoms with Crippen LogP contribution >= 0.6 is 11.3 Å². The summed E-state index contributed by atoms with van der Waals surface area (Å²) in [7, 11) is 0. The van der Waals surface area contributed by atoms with E-state index in [1.807, 2.05) is 12.1 Å². The Morgan fingerprint density at radius 1 is 1.35 bits per heavy atom. The lowest BCUT2D eigenvalue weighted by molar-refractivity contribution is 0.618. The summed E-state index contributed by atoms with van der Waals surface area (Å²) in [6, 6.07) is 9.70. The molecule has 1 aromatic heterocycles. The van der Waals surface area contributed by atoms with E-state index in [2.05, 4.69) is 23.7 Å². The number of halogens is 1. The van der Waals surface area contributed by atoms with Gasteiger partial charge in [0.25, 0.3) is 0 Å². The Labute approximate surface area is 105 Å². The van der Waals surface area contributed by atoms with Crippen LogP contribution in [0.1, 0.15) is 29.8 Å². The molecule has 3 heteroatoms. The Morgan fingerprint density at radius 3 is 2.76 bits per heavy atom. The second-order valence-electron chi connectivity index (χ2n) is 4.08. The van der Waals surface area contributed by atoms with Crippen LogP contribution in [0.5, 0.6) is 0 Å². The normalized spacial score (nSPS) is 12.4. The van der Waals surface area contributed by atoms with Gasteiger partial charge in [-0.2, -0.15) is 0 Å². The fourth-order valence-corrected chi connectivity index (χ4v) is 2.61. The molecule has 0 aliphatic rings. The van der Waals surface area contributed by atoms with Gasteiger partial charge in [-0.1, -0.05) is 19.1 Å². The highest BCUT2D eigenvalue weighted by atomic mass is 32.1. The Kier molecular flexibility index (Phi) is 3.79. The van der Waals surface area contributed by atoms with Gasteiger partial charge in [-0.3, -0.25) is 0 Å². The highest BCUT2D eigenvalue weighted by molar-refractivity contribution is 7.10. The fourth-order valence-electron chi connectivity index (χ4n) is 1.75. The van der Waals surface area contributed by atoms with Gasteiger partial charge in [-0.25, -0.2) is 4.39 Å². The van der Waals surface area contributed by atoms with Gasteiger partial charge < -0.3 is 5.32 Å². The molecule has 1 atom stereocenters. The molecule has 0 radical (unpaired) electrons. The molecule has 0 saturated carbocycles. The third-order valence-electron chi connectivity index (χ3n) is 2.81. The summed E-state index contributed by atoms with van der Waals surface area (Å²) in [6.07, 6.45) is 0.982. The largest absolute Gasteiger partial charge is 0.377 e. The van der Waals surface area contributed by atoms with Crippen LogP contribution in [-0.2, 0) is 0 Å². The van der Waals surface area contributed by atoms with Crippen molar-refractivity contribution >= 4 is 17.0 Å². The summed E-state index contributed by atoms with van der Waals surface area (Å²) in [5.41, 5.74) is 1.52. The summed E-state index contributed by atoms with van der Waals surface area (Å²) in [5.74, 6) is -0.156. The molecular weight excluding hydrogens is 233 g/mol. The molecule has 0 spiro atoms. The number of thiophene rings is 1. The molecule has 0 aliphatic carbocycles. The second-order valence-corrected chi connectivity index (χ2v) is 5.06. The lowest BCUT2D eigenvalue weighted by Crippen LogP contribution is -2.08. The Morgan fingerprint density at radius 2 is 2.18 bits per heavy atom. The highest BCUT2D eigenvalue weighted by Gasteiger charge is 2.10. The maximum Gasteiger partial charge on any atom is 0.128 e. The van der Waals surface area contributed by atoms with Crippen molar-refractivity contribution in [1.82, 2.24) is 0 Å². The van der Waals surface area contributed by atoms with Crippen LogP contribution < -0.4 is 5.32 Å². The van der Waals surface area contributed by atoms with E-state index in [-0.39, 0.29) is 11.9 Å². The van der Waals surface area contributed by atoms with E-state index in [0.717, 1.165) is 12.1 Å². The molecule has 2 aromatic rings. The van der Waals surface area contributed by atoms with Crippen molar-refractivity contribution in [3.05, 3.63) is 52.0 Å². The molecule has 1 unspecified atom stereocenters. The zero-order valence-electron chi connectivity index (χ0n) is 10.0. The molecule has 1 N–H and O–H groups in total. The molecule has 2 rings (SSSR count). The van der Waals surface area contributed by atoms with Crippen molar-refractivity contribution in [2.45, 2.75) is 26.3 Å². The molecule has 1 heterocycles. The summed E-state index contributed by atoms with van der Waals surface area (Å²) >= 11 is 1.73. The zero-order chi connectivity index (χ0) is 12.3. The van der Waals surface area contributed by atoms with Crippen LogP contribution in [0.4, 0.5) is 10.1 Å². The first-order valence-electron chi connectivity index (χ1n) is 5.76. The molecule has 17 heavy (non-hydrogen) atoms. The van der Waals surface area contributed by atoms with Gasteiger partial charge in [0.1, 0.15) is 5.82 Å². The van der Waals surface area contributed by atoms with Gasteiger partial charge in [-0.15, -0.1) is 11.3 Å². The third kappa shape index (κ3) is 2.86. The minimum absolute atomic E-state index is 0.156. The fraction of sp³-hybridized carbons (Fsp3) is 0.286. The number of hydrogen-bond acceptors (Lipinski definition) is 2. The molecule has 90 valence electrons. The van der Waals surface area contributed by atoms with Gasteiger partial charge in [0.15, 0.2) is 0 Å². The second kappa shape index (κ2) is 5.32. The van der Waals surface area contributed by atoms with Crippen molar-refractivity contribution in [1.29, 1.82) is 0 Å². The maximum absolute atomic E-state index is 13.4. The third-order valence-corrected chi connectivity index (χ3v) is 3.79. The predicted octanol–water partition coefficient (Wildman–Crippen LogP) is 4.76. The van der Waals surface area contributed by atoms with Crippen molar-refractivity contribution in [3.8, 4) is 0 Å². The quantitative estimate of drug-likeness (QED) is 0.823. The standard InChI is InChI=1S/C14H16FNS/c1-3-13(14-5-4-8-17-14)16-11-7-6-10(2)12(15)9-11/h4-9,13,16H,3H2,1-2H3. The van der Waals surface area contributed by atoms with Crippen molar-refractivity contribution in [2.24, 2.45) is 0 Å². The van der Waals surface area contributed by atoms with Crippen LogP contribution in [0.25, 0.3) is 0 Å². The molecule has 0 bridgehead atoms. The minimum Gasteiger partial charge on any atom is -0.377 e.